The Kier molecular flexibility index (Phi) is 66.8. The number of phosphoric ester groups is 2. The van der Waals surface area contributed by atoms with E-state index in [9.17, 15) is 43.2 Å². The molecule has 5 atom stereocenters. The van der Waals surface area contributed by atoms with Crippen LogP contribution in [-0.2, 0) is 65.4 Å². The third-order valence-electron chi connectivity index (χ3n) is 16.6. The summed E-state index contributed by atoms with van der Waals surface area (Å²) in [6.45, 7) is 4.88. The molecule has 0 saturated heterocycles. The van der Waals surface area contributed by atoms with Gasteiger partial charge in [-0.2, -0.15) is 0 Å². The Labute approximate surface area is 573 Å². The highest BCUT2D eigenvalue weighted by atomic mass is 31.2. The SMILES string of the molecule is CCCCCC/C=C\C=C/CCCCCCCC(=O)OC[C@H](COP(=O)(O)OC[C@@H](O)COP(=O)(O)OC[C@@H](COC(=O)CCCCCCC/C=C\CCCCCC)OC(=O)CCCCCCCCCCCCCCC)OC(=O)CCCCCCCCCCCCCCC. The van der Waals surface area contributed by atoms with E-state index in [0.717, 1.165) is 128 Å². The molecule has 552 valence electrons. The molecule has 0 aromatic rings. The van der Waals surface area contributed by atoms with E-state index >= 15 is 0 Å². The molecule has 17 nitrogen and oxygen atoms in total. The highest BCUT2D eigenvalue weighted by Gasteiger charge is 2.30. The van der Waals surface area contributed by atoms with E-state index in [1.165, 1.54) is 154 Å². The van der Waals surface area contributed by atoms with Gasteiger partial charge in [0.25, 0.3) is 0 Å². The zero-order chi connectivity index (χ0) is 69.0. The molecule has 3 N–H and O–H groups in total. The van der Waals surface area contributed by atoms with Gasteiger partial charge in [-0.05, 0) is 77.0 Å². The number of carbonyl (C=O) groups is 4. The summed E-state index contributed by atoms with van der Waals surface area (Å²) in [5, 5.41) is 10.6. The normalized spacial score (nSPS) is 14.2. The van der Waals surface area contributed by atoms with Crippen LogP contribution in [0.25, 0.3) is 0 Å². The van der Waals surface area contributed by atoms with Crippen molar-refractivity contribution in [2.45, 2.75) is 380 Å². The summed E-state index contributed by atoms with van der Waals surface area (Å²) in [5.41, 5.74) is 0. The van der Waals surface area contributed by atoms with E-state index in [1.807, 2.05) is 0 Å². The quantitative estimate of drug-likeness (QED) is 0.0128. The van der Waals surface area contributed by atoms with Crippen LogP contribution < -0.4 is 0 Å². The van der Waals surface area contributed by atoms with Crippen molar-refractivity contribution in [1.29, 1.82) is 0 Å². The molecule has 0 saturated carbocycles. The molecular weight excluding hydrogens is 1230 g/mol. The fourth-order valence-corrected chi connectivity index (χ4v) is 12.3. The van der Waals surface area contributed by atoms with Crippen molar-refractivity contribution < 1.29 is 80.2 Å². The Morgan fingerprint density at radius 1 is 0.298 bits per heavy atom. The van der Waals surface area contributed by atoms with Gasteiger partial charge in [0.05, 0.1) is 26.4 Å². The predicted molar refractivity (Wildman–Crippen MR) is 381 cm³/mol. The smallest absolute Gasteiger partial charge is 0.462 e. The molecule has 0 rings (SSSR count). The highest BCUT2D eigenvalue weighted by molar-refractivity contribution is 7.47. The average Bonchev–Trinajstić information content (AvgIpc) is 1.67. The van der Waals surface area contributed by atoms with Crippen molar-refractivity contribution in [2.75, 3.05) is 39.6 Å². The van der Waals surface area contributed by atoms with Crippen molar-refractivity contribution in [3.8, 4) is 0 Å². The van der Waals surface area contributed by atoms with Crippen LogP contribution in [0.4, 0.5) is 0 Å². The van der Waals surface area contributed by atoms with Gasteiger partial charge >= 0.3 is 39.5 Å². The monoisotopic (exact) mass is 1370 g/mol. The molecule has 0 spiro atoms. The topological polar surface area (TPSA) is 237 Å². The Hall–Kier alpha value is -2.72. The fraction of sp³-hybridized carbons (Fsp3) is 0.867. The summed E-state index contributed by atoms with van der Waals surface area (Å²) < 4.78 is 68.4. The molecule has 0 radical (unpaired) electrons. The summed E-state index contributed by atoms with van der Waals surface area (Å²) in [6.07, 6.45) is 62.7. The minimum atomic E-state index is -4.96. The second kappa shape index (κ2) is 68.8. The predicted octanol–water partition coefficient (Wildman–Crippen LogP) is 21.6. The van der Waals surface area contributed by atoms with Gasteiger partial charge in [0.1, 0.15) is 19.3 Å². The van der Waals surface area contributed by atoms with Crippen LogP contribution in [0, 0.1) is 0 Å². The fourth-order valence-electron chi connectivity index (χ4n) is 10.7. The molecule has 0 aliphatic carbocycles. The van der Waals surface area contributed by atoms with E-state index in [4.69, 9.17) is 37.0 Å². The van der Waals surface area contributed by atoms with E-state index in [2.05, 4.69) is 64.2 Å². The number of hydrogen-bond donors (Lipinski definition) is 3. The minimum Gasteiger partial charge on any atom is -0.462 e. The number of esters is 4. The molecule has 0 aliphatic heterocycles. The second-order valence-corrected chi connectivity index (χ2v) is 28.9. The zero-order valence-electron chi connectivity index (χ0n) is 60.2. The van der Waals surface area contributed by atoms with Crippen LogP contribution in [0.2, 0.25) is 0 Å². The Bertz CT molecular complexity index is 1930. The second-order valence-electron chi connectivity index (χ2n) is 26.0. The lowest BCUT2D eigenvalue weighted by molar-refractivity contribution is -0.161. The largest absolute Gasteiger partial charge is 0.472 e. The number of hydrogen-bond acceptors (Lipinski definition) is 15. The lowest BCUT2D eigenvalue weighted by atomic mass is 10.0. The molecule has 0 heterocycles. The summed E-state index contributed by atoms with van der Waals surface area (Å²) in [7, 11) is -9.92. The first-order chi connectivity index (χ1) is 45.7. The maximum Gasteiger partial charge on any atom is 0.472 e. The number of aliphatic hydroxyl groups is 1. The lowest BCUT2D eigenvalue weighted by Crippen LogP contribution is -2.30. The van der Waals surface area contributed by atoms with E-state index in [1.54, 1.807) is 0 Å². The first-order valence-corrected chi connectivity index (χ1v) is 41.2. The number of ether oxygens (including phenoxy) is 4. The average molecular weight is 1380 g/mol. The van der Waals surface area contributed by atoms with Crippen molar-refractivity contribution in [3.63, 3.8) is 0 Å². The van der Waals surface area contributed by atoms with Gasteiger partial charge < -0.3 is 33.8 Å². The van der Waals surface area contributed by atoms with Gasteiger partial charge in [-0.3, -0.25) is 37.3 Å². The van der Waals surface area contributed by atoms with Crippen LogP contribution in [-0.4, -0.2) is 96.7 Å². The molecule has 0 bridgehead atoms. The molecule has 0 amide bonds. The van der Waals surface area contributed by atoms with Crippen LogP contribution in [0.1, 0.15) is 362 Å². The van der Waals surface area contributed by atoms with Crippen molar-refractivity contribution in [3.05, 3.63) is 36.5 Å². The molecule has 0 aromatic carbocycles. The maximum absolute atomic E-state index is 13.1. The zero-order valence-corrected chi connectivity index (χ0v) is 61.9. The molecular formula is C75H140O17P2. The number of allylic oxidation sites excluding steroid dienone is 6. The summed E-state index contributed by atoms with van der Waals surface area (Å²) >= 11 is 0. The molecule has 94 heavy (non-hydrogen) atoms. The number of rotatable bonds is 73. The third-order valence-corrected chi connectivity index (χ3v) is 18.5. The number of aliphatic hydroxyl groups excluding tert-OH is 1. The standard InChI is InChI=1S/C75H140O17P2/c1-5-9-13-17-21-25-29-33-34-38-40-44-48-52-56-60-73(78)86-66-71(92-75(80)62-58-54-50-46-42-37-32-28-24-20-16-12-8-4)68-90-94(83,84)88-64-69(76)63-87-93(81,82)89-67-70(91-74(79)61-57-53-49-45-41-36-31-27-23-19-15-11-7-3)65-85-72(77)59-55-51-47-43-39-35-30-26-22-18-14-10-6-2/h25-26,29-30,33-34,69-71,76H,5-24,27-28,31-32,35-68H2,1-4H3,(H,81,82)(H,83,84)/b29-25-,30-26-,34-33-/t69-,70+,71+/m0/s1. The van der Waals surface area contributed by atoms with Gasteiger partial charge in [-0.25, -0.2) is 9.13 Å². The van der Waals surface area contributed by atoms with Crippen LogP contribution in [0.15, 0.2) is 36.5 Å². The number of phosphoric acid groups is 2. The molecule has 0 aliphatic rings. The van der Waals surface area contributed by atoms with Crippen molar-refractivity contribution in [1.82, 2.24) is 0 Å². The summed E-state index contributed by atoms with van der Waals surface area (Å²) in [5.74, 6) is -2.16. The van der Waals surface area contributed by atoms with Gasteiger partial charge in [-0.1, -0.05) is 295 Å². The maximum atomic E-state index is 13.1. The summed E-state index contributed by atoms with van der Waals surface area (Å²) in [4.78, 5) is 72.7. The summed E-state index contributed by atoms with van der Waals surface area (Å²) in [6, 6.07) is 0. The third kappa shape index (κ3) is 67.8. The molecule has 19 heteroatoms. The van der Waals surface area contributed by atoms with Crippen LogP contribution in [0.5, 0.6) is 0 Å². The van der Waals surface area contributed by atoms with E-state index < -0.39 is 97.5 Å². The minimum absolute atomic E-state index is 0.1000. The van der Waals surface area contributed by atoms with E-state index in [-0.39, 0.29) is 25.7 Å². The molecule has 0 aromatic heterocycles. The van der Waals surface area contributed by atoms with E-state index in [0.29, 0.717) is 25.7 Å². The van der Waals surface area contributed by atoms with Crippen molar-refractivity contribution >= 4 is 39.5 Å². The number of unbranched alkanes of at least 4 members (excludes halogenated alkanes) is 42. The van der Waals surface area contributed by atoms with Crippen LogP contribution in [0.3, 0.4) is 0 Å². The molecule has 0 fully saturated rings. The van der Waals surface area contributed by atoms with Gasteiger partial charge in [0, 0.05) is 25.7 Å². The number of carbonyl (C=O) groups excluding carboxylic acids is 4. The highest BCUT2D eigenvalue weighted by Crippen LogP contribution is 2.45. The molecule has 2 unspecified atom stereocenters. The van der Waals surface area contributed by atoms with Gasteiger partial charge in [-0.15, -0.1) is 0 Å². The Morgan fingerprint density at radius 2 is 0.521 bits per heavy atom. The lowest BCUT2D eigenvalue weighted by Gasteiger charge is -2.21. The van der Waals surface area contributed by atoms with Crippen molar-refractivity contribution in [2.24, 2.45) is 0 Å². The van der Waals surface area contributed by atoms with Crippen LogP contribution >= 0.6 is 15.6 Å². The Balaban J connectivity index is 5.30. The first-order valence-electron chi connectivity index (χ1n) is 38.2. The van der Waals surface area contributed by atoms with Gasteiger partial charge in [0.2, 0.25) is 0 Å². The first kappa shape index (κ1) is 91.3. The Morgan fingerprint density at radius 3 is 0.809 bits per heavy atom. The van der Waals surface area contributed by atoms with Gasteiger partial charge in [0.15, 0.2) is 12.2 Å².